The van der Waals surface area contributed by atoms with E-state index in [0.29, 0.717) is 12.7 Å². The number of hydrogen-bond donors (Lipinski definition) is 1. The van der Waals surface area contributed by atoms with E-state index in [1.54, 1.807) is 7.11 Å². The Kier molecular flexibility index (Phi) is 3.39. The highest BCUT2D eigenvalue weighted by atomic mass is 16.7. The molecule has 98 valence electrons. The first-order valence-corrected chi connectivity index (χ1v) is 6.47. The van der Waals surface area contributed by atoms with Gasteiger partial charge in [0.15, 0.2) is 11.5 Å². The second-order valence-corrected chi connectivity index (χ2v) is 4.91. The van der Waals surface area contributed by atoms with Crippen LogP contribution in [0.5, 0.6) is 11.5 Å². The molecule has 4 nitrogen and oxygen atoms in total. The average Bonchev–Trinajstić information content (AvgIpc) is 3.01. The molecule has 1 N–H and O–H groups in total. The van der Waals surface area contributed by atoms with Crippen LogP contribution in [0.3, 0.4) is 0 Å². The minimum atomic E-state index is 0.353. The van der Waals surface area contributed by atoms with Gasteiger partial charge in [0.25, 0.3) is 0 Å². The zero-order chi connectivity index (χ0) is 12.4. The van der Waals surface area contributed by atoms with E-state index in [0.717, 1.165) is 37.1 Å². The van der Waals surface area contributed by atoms with Gasteiger partial charge in [0.1, 0.15) is 0 Å². The number of methoxy groups -OCH3 is 1. The van der Waals surface area contributed by atoms with Crippen molar-refractivity contribution >= 4 is 0 Å². The molecule has 0 spiro atoms. The van der Waals surface area contributed by atoms with Gasteiger partial charge in [0.05, 0.1) is 6.61 Å². The first-order valence-electron chi connectivity index (χ1n) is 6.47. The van der Waals surface area contributed by atoms with E-state index in [1.807, 2.05) is 6.07 Å². The number of fused-ring (bicyclic) bond motifs is 1. The van der Waals surface area contributed by atoms with E-state index in [2.05, 4.69) is 17.4 Å². The normalized spacial score (nSPS) is 24.3. The van der Waals surface area contributed by atoms with E-state index in [1.165, 1.54) is 12.0 Å². The Bertz CT molecular complexity index is 422. The van der Waals surface area contributed by atoms with Crippen LogP contribution in [0.25, 0.3) is 0 Å². The summed E-state index contributed by atoms with van der Waals surface area (Å²) in [6, 6.07) is 6.31. The maximum atomic E-state index is 5.41. The molecular formula is C14H19NO3. The highest BCUT2D eigenvalue weighted by molar-refractivity contribution is 5.46. The SMILES string of the molecule is COCCNCC1CC1c1ccc2c(c1)OCO2. The lowest BCUT2D eigenvalue weighted by molar-refractivity contribution is 0.174. The molecule has 4 heteroatoms. The van der Waals surface area contributed by atoms with Crippen LogP contribution in [-0.4, -0.2) is 33.6 Å². The topological polar surface area (TPSA) is 39.7 Å². The van der Waals surface area contributed by atoms with E-state index in [-0.39, 0.29) is 0 Å². The van der Waals surface area contributed by atoms with Crippen molar-refractivity contribution in [2.75, 3.05) is 33.6 Å². The van der Waals surface area contributed by atoms with Crippen molar-refractivity contribution in [3.8, 4) is 11.5 Å². The summed E-state index contributed by atoms with van der Waals surface area (Å²) in [6.45, 7) is 3.14. The van der Waals surface area contributed by atoms with Crippen molar-refractivity contribution in [2.45, 2.75) is 12.3 Å². The second-order valence-electron chi connectivity index (χ2n) is 4.91. The van der Waals surface area contributed by atoms with Gasteiger partial charge in [-0.15, -0.1) is 0 Å². The highest BCUT2D eigenvalue weighted by Crippen LogP contribution is 2.49. The van der Waals surface area contributed by atoms with Gasteiger partial charge in [0.2, 0.25) is 6.79 Å². The smallest absolute Gasteiger partial charge is 0.231 e. The van der Waals surface area contributed by atoms with E-state index in [4.69, 9.17) is 14.2 Å². The lowest BCUT2D eigenvalue weighted by atomic mass is 10.1. The summed E-state index contributed by atoms with van der Waals surface area (Å²) < 4.78 is 15.7. The molecule has 1 aliphatic carbocycles. The Morgan fingerprint density at radius 3 is 3.11 bits per heavy atom. The quantitative estimate of drug-likeness (QED) is 0.780. The van der Waals surface area contributed by atoms with Crippen LogP contribution < -0.4 is 14.8 Å². The number of hydrogen-bond acceptors (Lipinski definition) is 4. The number of nitrogens with one attached hydrogen (secondary N) is 1. The lowest BCUT2D eigenvalue weighted by Gasteiger charge is -2.04. The third-order valence-electron chi connectivity index (χ3n) is 3.64. The number of benzene rings is 1. The van der Waals surface area contributed by atoms with Crippen molar-refractivity contribution in [3.63, 3.8) is 0 Å². The lowest BCUT2D eigenvalue weighted by Crippen LogP contribution is -2.21. The zero-order valence-electron chi connectivity index (χ0n) is 10.6. The molecule has 0 saturated heterocycles. The molecule has 0 amide bonds. The summed E-state index contributed by atoms with van der Waals surface area (Å²) in [5.41, 5.74) is 1.37. The van der Waals surface area contributed by atoms with Gasteiger partial charge in [-0.25, -0.2) is 0 Å². The van der Waals surface area contributed by atoms with Crippen LogP contribution >= 0.6 is 0 Å². The van der Waals surface area contributed by atoms with Crippen LogP contribution in [-0.2, 0) is 4.74 Å². The molecular weight excluding hydrogens is 230 g/mol. The van der Waals surface area contributed by atoms with Crippen molar-refractivity contribution in [1.29, 1.82) is 0 Å². The Hall–Kier alpha value is -1.26. The predicted molar refractivity (Wildman–Crippen MR) is 68.2 cm³/mol. The largest absolute Gasteiger partial charge is 0.454 e. The van der Waals surface area contributed by atoms with Crippen molar-refractivity contribution in [2.24, 2.45) is 5.92 Å². The van der Waals surface area contributed by atoms with E-state index >= 15 is 0 Å². The highest BCUT2D eigenvalue weighted by Gasteiger charge is 2.38. The van der Waals surface area contributed by atoms with E-state index < -0.39 is 0 Å². The molecule has 1 aliphatic heterocycles. The fourth-order valence-electron chi connectivity index (χ4n) is 2.49. The second kappa shape index (κ2) is 5.16. The maximum Gasteiger partial charge on any atom is 0.231 e. The summed E-state index contributed by atoms with van der Waals surface area (Å²) >= 11 is 0. The molecule has 3 rings (SSSR count). The predicted octanol–water partition coefficient (Wildman–Crippen LogP) is 1.75. The summed E-state index contributed by atoms with van der Waals surface area (Å²) in [5, 5.41) is 3.42. The summed E-state index contributed by atoms with van der Waals surface area (Å²) in [7, 11) is 1.73. The van der Waals surface area contributed by atoms with Crippen molar-refractivity contribution in [3.05, 3.63) is 23.8 Å². The third kappa shape index (κ3) is 2.44. The van der Waals surface area contributed by atoms with Gasteiger partial charge in [-0.2, -0.15) is 0 Å². The first-order chi connectivity index (χ1) is 8.88. The molecule has 1 heterocycles. The fraction of sp³-hybridized carbons (Fsp3) is 0.571. The average molecular weight is 249 g/mol. The Balaban J connectivity index is 1.51. The molecule has 1 fully saturated rings. The van der Waals surface area contributed by atoms with Crippen molar-refractivity contribution in [1.82, 2.24) is 5.32 Å². The molecule has 0 radical (unpaired) electrons. The van der Waals surface area contributed by atoms with Crippen LogP contribution in [0.1, 0.15) is 17.9 Å². The molecule has 2 aliphatic rings. The van der Waals surface area contributed by atoms with Gasteiger partial charge in [0, 0.05) is 13.7 Å². The minimum Gasteiger partial charge on any atom is -0.454 e. The van der Waals surface area contributed by atoms with Crippen LogP contribution in [0, 0.1) is 5.92 Å². The van der Waals surface area contributed by atoms with Gasteiger partial charge >= 0.3 is 0 Å². The van der Waals surface area contributed by atoms with Crippen LogP contribution in [0.2, 0.25) is 0 Å². The number of ether oxygens (including phenoxy) is 3. The molecule has 2 atom stereocenters. The van der Waals surface area contributed by atoms with Crippen LogP contribution in [0.15, 0.2) is 18.2 Å². The monoisotopic (exact) mass is 249 g/mol. The van der Waals surface area contributed by atoms with Gasteiger partial charge in [-0.3, -0.25) is 0 Å². The summed E-state index contributed by atoms with van der Waals surface area (Å²) in [5.74, 6) is 3.19. The maximum absolute atomic E-state index is 5.41. The van der Waals surface area contributed by atoms with Gasteiger partial charge < -0.3 is 19.5 Å². The molecule has 2 unspecified atom stereocenters. The molecule has 1 aromatic rings. The first kappa shape index (κ1) is 11.8. The molecule has 0 aromatic heterocycles. The van der Waals surface area contributed by atoms with Crippen LogP contribution in [0.4, 0.5) is 0 Å². The molecule has 0 bridgehead atoms. The Labute approximate surface area is 107 Å². The molecule has 1 aromatic carbocycles. The number of rotatable bonds is 6. The third-order valence-corrected chi connectivity index (χ3v) is 3.64. The van der Waals surface area contributed by atoms with Gasteiger partial charge in [-0.1, -0.05) is 6.07 Å². The standard InChI is InChI=1S/C14H19NO3/c1-16-5-4-15-8-11-6-12(11)10-2-3-13-14(7-10)18-9-17-13/h2-3,7,11-12,15H,4-6,8-9H2,1H3. The minimum absolute atomic E-state index is 0.353. The Morgan fingerprint density at radius 1 is 1.33 bits per heavy atom. The van der Waals surface area contributed by atoms with E-state index in [9.17, 15) is 0 Å². The zero-order valence-corrected chi connectivity index (χ0v) is 10.6. The Morgan fingerprint density at radius 2 is 2.22 bits per heavy atom. The van der Waals surface area contributed by atoms with Gasteiger partial charge in [-0.05, 0) is 42.5 Å². The fourth-order valence-corrected chi connectivity index (χ4v) is 2.49. The molecule has 18 heavy (non-hydrogen) atoms. The van der Waals surface area contributed by atoms with Crippen molar-refractivity contribution < 1.29 is 14.2 Å². The summed E-state index contributed by atoms with van der Waals surface area (Å²) in [4.78, 5) is 0. The summed E-state index contributed by atoms with van der Waals surface area (Å²) in [6.07, 6.45) is 1.26. The molecule has 1 saturated carbocycles.